The fourth-order valence-corrected chi connectivity index (χ4v) is 2.49. The first-order valence-corrected chi connectivity index (χ1v) is 6.13. The van der Waals surface area contributed by atoms with Gasteiger partial charge in [0.05, 0.1) is 0 Å². The zero-order chi connectivity index (χ0) is 11.7. The Bertz CT molecular complexity index is 521. The lowest BCUT2D eigenvalue weighted by Gasteiger charge is -2.12. The molecule has 0 nitrogen and oxygen atoms in total. The van der Waals surface area contributed by atoms with Crippen LogP contribution in [0.25, 0.3) is 10.8 Å². The van der Waals surface area contributed by atoms with Gasteiger partial charge in [-0.1, -0.05) is 37.6 Å². The van der Waals surface area contributed by atoms with Gasteiger partial charge < -0.3 is 0 Å². The van der Waals surface area contributed by atoms with Crippen LogP contribution in [0.3, 0.4) is 0 Å². The second-order valence-electron chi connectivity index (χ2n) is 4.71. The summed E-state index contributed by atoms with van der Waals surface area (Å²) in [6.45, 7) is 8.94. The van der Waals surface area contributed by atoms with Crippen LogP contribution in [0.15, 0.2) is 24.3 Å². The van der Waals surface area contributed by atoms with E-state index < -0.39 is 0 Å². The zero-order valence-corrected chi connectivity index (χ0v) is 10.7. The second kappa shape index (κ2) is 4.29. The summed E-state index contributed by atoms with van der Waals surface area (Å²) in [6, 6.07) is 9.01. The minimum Gasteiger partial charge on any atom is -0.0651 e. The van der Waals surface area contributed by atoms with E-state index in [4.69, 9.17) is 0 Å². The van der Waals surface area contributed by atoms with Crippen molar-refractivity contribution >= 4 is 10.8 Å². The summed E-state index contributed by atoms with van der Waals surface area (Å²) in [5.74, 6) is 0. The van der Waals surface area contributed by atoms with Gasteiger partial charge in [0, 0.05) is 0 Å². The zero-order valence-electron chi connectivity index (χ0n) is 10.7. The van der Waals surface area contributed by atoms with Gasteiger partial charge in [-0.3, -0.25) is 0 Å². The van der Waals surface area contributed by atoms with E-state index in [-0.39, 0.29) is 0 Å². The summed E-state index contributed by atoms with van der Waals surface area (Å²) in [7, 11) is 0. The van der Waals surface area contributed by atoms with Crippen molar-refractivity contribution in [2.45, 2.75) is 40.5 Å². The molecule has 0 spiro atoms. The molecule has 0 heteroatoms. The largest absolute Gasteiger partial charge is 0.0651 e. The van der Waals surface area contributed by atoms with E-state index >= 15 is 0 Å². The highest BCUT2D eigenvalue weighted by Crippen LogP contribution is 2.27. The van der Waals surface area contributed by atoms with Crippen molar-refractivity contribution in [3.8, 4) is 0 Å². The van der Waals surface area contributed by atoms with Crippen molar-refractivity contribution in [2.24, 2.45) is 0 Å². The maximum Gasteiger partial charge on any atom is -0.0120 e. The molecule has 0 saturated carbocycles. The molecule has 0 amide bonds. The van der Waals surface area contributed by atoms with Gasteiger partial charge in [-0.15, -0.1) is 0 Å². The van der Waals surface area contributed by atoms with Gasteiger partial charge in [-0.25, -0.2) is 0 Å². The first-order valence-electron chi connectivity index (χ1n) is 6.13. The molecule has 2 aromatic rings. The summed E-state index contributed by atoms with van der Waals surface area (Å²) < 4.78 is 0. The molecule has 0 aromatic heterocycles. The summed E-state index contributed by atoms with van der Waals surface area (Å²) in [6.07, 6.45) is 2.41. The van der Waals surface area contributed by atoms with E-state index in [0.29, 0.717) is 0 Å². The lowest BCUT2D eigenvalue weighted by atomic mass is 9.92. The molecule has 0 fully saturated rings. The van der Waals surface area contributed by atoms with E-state index in [1.807, 2.05) is 0 Å². The van der Waals surface area contributed by atoms with E-state index in [2.05, 4.69) is 52.0 Å². The van der Waals surface area contributed by atoms with Gasteiger partial charge in [0.1, 0.15) is 0 Å². The highest BCUT2D eigenvalue weighted by atomic mass is 14.1. The molecule has 0 heterocycles. The molecule has 2 rings (SSSR count). The molecule has 0 atom stereocenters. The van der Waals surface area contributed by atoms with Crippen molar-refractivity contribution in [1.29, 1.82) is 0 Å². The average molecular weight is 212 g/mol. The SMILES string of the molecule is CCCc1ccc2ccc(C)c(C)c2c1C. The monoisotopic (exact) mass is 212 g/mol. The Kier molecular flexibility index (Phi) is 3.00. The number of rotatable bonds is 2. The first kappa shape index (κ1) is 11.2. The van der Waals surface area contributed by atoms with Crippen LogP contribution >= 0.6 is 0 Å². The fraction of sp³-hybridized carbons (Fsp3) is 0.375. The Morgan fingerprint density at radius 2 is 1.56 bits per heavy atom. The van der Waals surface area contributed by atoms with Gasteiger partial charge in [-0.2, -0.15) is 0 Å². The Balaban J connectivity index is 2.76. The van der Waals surface area contributed by atoms with Gasteiger partial charge >= 0.3 is 0 Å². The summed E-state index contributed by atoms with van der Waals surface area (Å²) in [4.78, 5) is 0. The molecule has 0 unspecified atom stereocenters. The predicted molar refractivity (Wildman–Crippen MR) is 72.2 cm³/mol. The number of fused-ring (bicyclic) bond motifs is 1. The molecule has 16 heavy (non-hydrogen) atoms. The van der Waals surface area contributed by atoms with E-state index in [1.54, 1.807) is 0 Å². The lowest BCUT2D eigenvalue weighted by molar-refractivity contribution is 0.915. The predicted octanol–water partition coefficient (Wildman–Crippen LogP) is 4.72. The molecule has 0 aliphatic heterocycles. The Morgan fingerprint density at radius 3 is 2.25 bits per heavy atom. The summed E-state index contributed by atoms with van der Waals surface area (Å²) in [5, 5.41) is 2.84. The molecule has 0 radical (unpaired) electrons. The van der Waals surface area contributed by atoms with E-state index in [9.17, 15) is 0 Å². The number of benzene rings is 2. The van der Waals surface area contributed by atoms with Crippen LogP contribution in [-0.2, 0) is 6.42 Å². The fourth-order valence-electron chi connectivity index (χ4n) is 2.49. The first-order chi connectivity index (χ1) is 7.65. The molecular formula is C16H20. The van der Waals surface area contributed by atoms with E-state index in [0.717, 1.165) is 0 Å². The lowest BCUT2D eigenvalue weighted by Crippen LogP contribution is -1.93. The van der Waals surface area contributed by atoms with Gasteiger partial charge in [0.2, 0.25) is 0 Å². The van der Waals surface area contributed by atoms with Gasteiger partial charge in [0.25, 0.3) is 0 Å². The normalized spacial score (nSPS) is 11.0. The van der Waals surface area contributed by atoms with Crippen LogP contribution in [0, 0.1) is 20.8 Å². The Hall–Kier alpha value is -1.30. The van der Waals surface area contributed by atoms with E-state index in [1.165, 1.54) is 45.9 Å². The van der Waals surface area contributed by atoms with Crippen LogP contribution in [0.4, 0.5) is 0 Å². The Labute approximate surface area is 98.3 Å². The smallest absolute Gasteiger partial charge is 0.0120 e. The number of hydrogen-bond donors (Lipinski definition) is 0. The molecule has 2 aromatic carbocycles. The third kappa shape index (κ3) is 1.73. The topological polar surface area (TPSA) is 0 Å². The van der Waals surface area contributed by atoms with Crippen LogP contribution in [0.1, 0.15) is 35.6 Å². The van der Waals surface area contributed by atoms with Crippen molar-refractivity contribution in [2.75, 3.05) is 0 Å². The van der Waals surface area contributed by atoms with Crippen LogP contribution in [-0.4, -0.2) is 0 Å². The second-order valence-corrected chi connectivity index (χ2v) is 4.71. The highest BCUT2D eigenvalue weighted by molar-refractivity contribution is 5.90. The summed E-state index contributed by atoms with van der Waals surface area (Å²) >= 11 is 0. The molecule has 0 saturated heterocycles. The molecular weight excluding hydrogens is 192 g/mol. The average Bonchev–Trinajstić information content (AvgIpc) is 2.27. The molecule has 0 aliphatic rings. The third-order valence-corrected chi connectivity index (χ3v) is 3.61. The number of hydrogen-bond acceptors (Lipinski definition) is 0. The van der Waals surface area contributed by atoms with Crippen LogP contribution < -0.4 is 0 Å². The minimum atomic E-state index is 1.19. The van der Waals surface area contributed by atoms with Gasteiger partial charge in [0.15, 0.2) is 0 Å². The van der Waals surface area contributed by atoms with Crippen LogP contribution in [0.2, 0.25) is 0 Å². The molecule has 0 N–H and O–H groups in total. The maximum absolute atomic E-state index is 2.29. The molecule has 0 aliphatic carbocycles. The van der Waals surface area contributed by atoms with Crippen molar-refractivity contribution < 1.29 is 0 Å². The van der Waals surface area contributed by atoms with Crippen molar-refractivity contribution in [3.05, 3.63) is 46.5 Å². The minimum absolute atomic E-state index is 1.19. The quantitative estimate of drug-likeness (QED) is 0.676. The van der Waals surface area contributed by atoms with Gasteiger partial charge in [-0.05, 0) is 60.2 Å². The summed E-state index contributed by atoms with van der Waals surface area (Å²) in [5.41, 5.74) is 5.81. The molecule has 0 bridgehead atoms. The third-order valence-electron chi connectivity index (χ3n) is 3.61. The maximum atomic E-state index is 2.29. The van der Waals surface area contributed by atoms with Crippen molar-refractivity contribution in [1.82, 2.24) is 0 Å². The number of aryl methyl sites for hydroxylation is 4. The van der Waals surface area contributed by atoms with Crippen molar-refractivity contribution in [3.63, 3.8) is 0 Å². The molecule has 84 valence electrons. The Morgan fingerprint density at radius 1 is 0.875 bits per heavy atom. The highest BCUT2D eigenvalue weighted by Gasteiger charge is 2.06. The van der Waals surface area contributed by atoms with Crippen LogP contribution in [0.5, 0.6) is 0 Å². The standard InChI is InChI=1S/C16H20/c1-5-6-14-9-10-15-8-7-11(2)12(3)16(15)13(14)4/h7-10H,5-6H2,1-4H3.